The monoisotopic (exact) mass is 317 g/mol. The third-order valence-corrected chi connectivity index (χ3v) is 3.90. The molecule has 0 spiro atoms. The van der Waals surface area contributed by atoms with E-state index >= 15 is 0 Å². The molecule has 1 aliphatic heterocycles. The van der Waals surface area contributed by atoms with E-state index in [1.54, 1.807) is 0 Å². The number of aromatic nitrogens is 4. The zero-order valence-electron chi connectivity index (χ0n) is 14.2. The molecular weight excluding hydrogens is 294 g/mol. The molecule has 0 aromatic carbocycles. The van der Waals surface area contributed by atoms with Crippen LogP contribution in [0.3, 0.4) is 0 Å². The van der Waals surface area contributed by atoms with Crippen LogP contribution in [0.15, 0.2) is 4.52 Å². The van der Waals surface area contributed by atoms with Crippen molar-refractivity contribution in [2.24, 2.45) is 0 Å². The standard InChI is InChI=1S/C16H23N5O2/c1-5-6-14-19-15(23-20-14)9-21(4)8-12-7-13-10(2)17-11(3)18-16(13)22-12/h12H,5-9H2,1-4H3/t12-/m0/s1. The van der Waals surface area contributed by atoms with E-state index in [-0.39, 0.29) is 6.10 Å². The molecular formula is C16H23N5O2. The number of likely N-dealkylation sites (N-methyl/N-ethyl adjacent to an activating group) is 1. The summed E-state index contributed by atoms with van der Waals surface area (Å²) in [6.45, 7) is 7.40. The lowest BCUT2D eigenvalue weighted by molar-refractivity contribution is 0.151. The smallest absolute Gasteiger partial charge is 0.240 e. The minimum Gasteiger partial charge on any atom is -0.472 e. The van der Waals surface area contributed by atoms with Gasteiger partial charge < -0.3 is 9.26 Å². The van der Waals surface area contributed by atoms with E-state index in [2.05, 4.69) is 31.9 Å². The van der Waals surface area contributed by atoms with Crippen molar-refractivity contribution in [1.29, 1.82) is 0 Å². The van der Waals surface area contributed by atoms with Crippen molar-refractivity contribution in [3.8, 4) is 5.88 Å². The zero-order valence-corrected chi connectivity index (χ0v) is 14.2. The molecule has 0 saturated carbocycles. The van der Waals surface area contributed by atoms with Gasteiger partial charge in [0.1, 0.15) is 11.9 Å². The Labute approximate surface area is 136 Å². The first-order valence-corrected chi connectivity index (χ1v) is 8.06. The van der Waals surface area contributed by atoms with Crippen LogP contribution in [0.5, 0.6) is 5.88 Å². The first kappa shape index (κ1) is 15.9. The molecule has 2 aromatic heterocycles. The lowest BCUT2D eigenvalue weighted by atomic mass is 10.1. The lowest BCUT2D eigenvalue weighted by Gasteiger charge is -2.18. The largest absolute Gasteiger partial charge is 0.472 e. The van der Waals surface area contributed by atoms with Crippen molar-refractivity contribution in [1.82, 2.24) is 25.0 Å². The number of nitrogens with zero attached hydrogens (tertiary/aromatic N) is 5. The summed E-state index contributed by atoms with van der Waals surface area (Å²) in [7, 11) is 2.03. The quantitative estimate of drug-likeness (QED) is 0.804. The van der Waals surface area contributed by atoms with Crippen molar-refractivity contribution < 1.29 is 9.26 Å². The number of ether oxygens (including phenoxy) is 1. The summed E-state index contributed by atoms with van der Waals surface area (Å²) in [6, 6.07) is 0. The predicted octanol–water partition coefficient (Wildman–Crippen LogP) is 1.86. The molecule has 7 heteroatoms. The van der Waals surface area contributed by atoms with Gasteiger partial charge in [-0.2, -0.15) is 9.97 Å². The highest BCUT2D eigenvalue weighted by atomic mass is 16.5. The Bertz CT molecular complexity index is 685. The van der Waals surface area contributed by atoms with Crippen LogP contribution < -0.4 is 4.74 Å². The summed E-state index contributed by atoms with van der Waals surface area (Å²) in [5, 5.41) is 3.98. The Hall–Kier alpha value is -2.02. The molecule has 3 heterocycles. The highest BCUT2D eigenvalue weighted by molar-refractivity contribution is 5.34. The molecule has 0 N–H and O–H groups in total. The molecule has 0 saturated heterocycles. The van der Waals surface area contributed by atoms with Crippen LogP contribution in [0.2, 0.25) is 0 Å². The van der Waals surface area contributed by atoms with Gasteiger partial charge in [0.15, 0.2) is 5.82 Å². The van der Waals surface area contributed by atoms with Crippen LogP contribution >= 0.6 is 0 Å². The van der Waals surface area contributed by atoms with Gasteiger partial charge in [-0.15, -0.1) is 0 Å². The van der Waals surface area contributed by atoms with Crippen molar-refractivity contribution in [3.63, 3.8) is 0 Å². The van der Waals surface area contributed by atoms with Gasteiger partial charge in [0.25, 0.3) is 0 Å². The van der Waals surface area contributed by atoms with Gasteiger partial charge in [0, 0.05) is 30.6 Å². The van der Waals surface area contributed by atoms with Gasteiger partial charge in [-0.25, -0.2) is 4.98 Å². The maximum Gasteiger partial charge on any atom is 0.240 e. The Balaban J connectivity index is 1.57. The van der Waals surface area contributed by atoms with Gasteiger partial charge in [0.2, 0.25) is 11.8 Å². The van der Waals surface area contributed by atoms with E-state index in [1.807, 2.05) is 20.9 Å². The molecule has 2 aromatic rings. The van der Waals surface area contributed by atoms with Crippen molar-refractivity contribution in [2.45, 2.75) is 52.7 Å². The zero-order chi connectivity index (χ0) is 16.4. The van der Waals surface area contributed by atoms with Crippen molar-refractivity contribution in [3.05, 3.63) is 28.8 Å². The van der Waals surface area contributed by atoms with Crippen molar-refractivity contribution in [2.75, 3.05) is 13.6 Å². The first-order valence-electron chi connectivity index (χ1n) is 8.06. The van der Waals surface area contributed by atoms with E-state index in [4.69, 9.17) is 9.26 Å². The van der Waals surface area contributed by atoms with Gasteiger partial charge >= 0.3 is 0 Å². The van der Waals surface area contributed by atoms with E-state index < -0.39 is 0 Å². The number of rotatable bonds is 6. The maximum absolute atomic E-state index is 5.96. The Morgan fingerprint density at radius 3 is 2.83 bits per heavy atom. The molecule has 1 aliphatic rings. The second kappa shape index (κ2) is 6.62. The normalized spacial score (nSPS) is 16.7. The minimum absolute atomic E-state index is 0.0860. The molecule has 0 amide bonds. The highest BCUT2D eigenvalue weighted by Crippen LogP contribution is 2.28. The minimum atomic E-state index is 0.0860. The summed E-state index contributed by atoms with van der Waals surface area (Å²) >= 11 is 0. The Kier molecular flexibility index (Phi) is 4.56. The van der Waals surface area contributed by atoms with Crippen molar-refractivity contribution >= 4 is 0 Å². The molecule has 0 radical (unpaired) electrons. The fourth-order valence-electron chi connectivity index (χ4n) is 2.89. The molecule has 3 rings (SSSR count). The van der Waals surface area contributed by atoms with E-state index in [0.29, 0.717) is 12.4 Å². The third-order valence-electron chi connectivity index (χ3n) is 3.90. The molecule has 1 atom stereocenters. The second-order valence-electron chi connectivity index (χ2n) is 6.14. The molecule has 7 nitrogen and oxygen atoms in total. The number of aryl methyl sites for hydroxylation is 3. The Morgan fingerprint density at radius 2 is 2.04 bits per heavy atom. The summed E-state index contributed by atoms with van der Waals surface area (Å²) in [4.78, 5) is 15.3. The van der Waals surface area contributed by atoms with Gasteiger partial charge in [-0.3, -0.25) is 4.90 Å². The third kappa shape index (κ3) is 3.67. The van der Waals surface area contributed by atoms with Crippen LogP contribution in [0.1, 0.15) is 42.1 Å². The Morgan fingerprint density at radius 1 is 1.22 bits per heavy atom. The van der Waals surface area contributed by atoms with Crippen LogP contribution in [0.4, 0.5) is 0 Å². The van der Waals surface area contributed by atoms with Crippen LogP contribution in [-0.4, -0.2) is 44.7 Å². The summed E-state index contributed by atoms with van der Waals surface area (Å²) in [5.41, 5.74) is 2.13. The van der Waals surface area contributed by atoms with Gasteiger partial charge in [-0.1, -0.05) is 12.1 Å². The highest BCUT2D eigenvalue weighted by Gasteiger charge is 2.28. The molecule has 124 valence electrons. The predicted molar refractivity (Wildman–Crippen MR) is 84.3 cm³/mol. The summed E-state index contributed by atoms with van der Waals surface area (Å²) in [6.07, 6.45) is 2.80. The fourth-order valence-corrected chi connectivity index (χ4v) is 2.89. The van der Waals surface area contributed by atoms with Gasteiger partial charge in [0.05, 0.1) is 6.54 Å². The summed E-state index contributed by atoms with van der Waals surface area (Å²) in [5.74, 6) is 2.92. The number of hydrogen-bond acceptors (Lipinski definition) is 7. The molecule has 0 fully saturated rings. The topological polar surface area (TPSA) is 77.2 Å². The van der Waals surface area contributed by atoms with E-state index in [1.165, 1.54) is 0 Å². The average molecular weight is 317 g/mol. The van der Waals surface area contributed by atoms with Crippen LogP contribution in [0.25, 0.3) is 0 Å². The SMILES string of the molecule is CCCc1noc(CN(C)C[C@@H]2Cc3c(C)nc(C)nc3O2)n1. The van der Waals surface area contributed by atoms with Crippen LogP contribution in [0, 0.1) is 13.8 Å². The lowest BCUT2D eigenvalue weighted by Crippen LogP contribution is -2.31. The first-order chi connectivity index (χ1) is 11.0. The van der Waals surface area contributed by atoms with Crippen LogP contribution in [-0.2, 0) is 19.4 Å². The number of fused-ring (bicyclic) bond motifs is 1. The number of hydrogen-bond donors (Lipinski definition) is 0. The van der Waals surface area contributed by atoms with E-state index in [9.17, 15) is 0 Å². The molecule has 23 heavy (non-hydrogen) atoms. The fraction of sp³-hybridized carbons (Fsp3) is 0.625. The van der Waals surface area contributed by atoms with E-state index in [0.717, 1.165) is 54.6 Å². The average Bonchev–Trinajstić information content (AvgIpc) is 3.06. The molecule has 0 aliphatic carbocycles. The second-order valence-corrected chi connectivity index (χ2v) is 6.14. The van der Waals surface area contributed by atoms with Gasteiger partial charge in [-0.05, 0) is 27.3 Å². The molecule has 0 unspecified atom stereocenters. The summed E-state index contributed by atoms with van der Waals surface area (Å²) < 4.78 is 11.2. The molecule has 0 bridgehead atoms. The maximum atomic E-state index is 5.96.